The smallest absolute Gasteiger partial charge is 0.0233 e. The van der Waals surface area contributed by atoms with E-state index in [1.807, 2.05) is 0 Å². The first-order valence-corrected chi connectivity index (χ1v) is 8.73. The van der Waals surface area contributed by atoms with Crippen molar-refractivity contribution in [1.82, 2.24) is 10.2 Å². The Morgan fingerprint density at radius 1 is 0.952 bits per heavy atom. The Morgan fingerprint density at radius 3 is 2.14 bits per heavy atom. The second kappa shape index (κ2) is 10.8. The van der Waals surface area contributed by atoms with Crippen molar-refractivity contribution in [3.05, 3.63) is 35.4 Å². The summed E-state index contributed by atoms with van der Waals surface area (Å²) in [6.07, 6.45) is 5.29. The van der Waals surface area contributed by atoms with E-state index < -0.39 is 0 Å². The SMILES string of the molecule is CCCCCC(C)NCc1ccc(CN(CC)CC)cc1. The highest BCUT2D eigenvalue weighted by molar-refractivity contribution is 5.22. The van der Waals surface area contributed by atoms with Crippen molar-refractivity contribution in [2.45, 2.75) is 72.5 Å². The molecule has 1 atom stereocenters. The van der Waals surface area contributed by atoms with Gasteiger partial charge in [-0.25, -0.2) is 0 Å². The normalized spacial score (nSPS) is 12.8. The maximum Gasteiger partial charge on any atom is 0.0233 e. The van der Waals surface area contributed by atoms with Crippen molar-refractivity contribution >= 4 is 0 Å². The third kappa shape index (κ3) is 7.63. The van der Waals surface area contributed by atoms with Crippen LogP contribution in [0.4, 0.5) is 0 Å². The molecule has 1 aromatic carbocycles. The maximum absolute atomic E-state index is 3.63. The van der Waals surface area contributed by atoms with Crippen LogP contribution in [0.15, 0.2) is 24.3 Å². The fourth-order valence-electron chi connectivity index (χ4n) is 2.56. The van der Waals surface area contributed by atoms with Crippen LogP contribution in [-0.4, -0.2) is 24.0 Å². The first kappa shape index (κ1) is 18.2. The van der Waals surface area contributed by atoms with Gasteiger partial charge >= 0.3 is 0 Å². The van der Waals surface area contributed by atoms with Gasteiger partial charge in [-0.3, -0.25) is 4.90 Å². The van der Waals surface area contributed by atoms with Gasteiger partial charge in [-0.15, -0.1) is 0 Å². The van der Waals surface area contributed by atoms with E-state index >= 15 is 0 Å². The molecule has 0 aliphatic carbocycles. The molecule has 0 aliphatic rings. The Kier molecular flexibility index (Phi) is 9.36. The Balaban J connectivity index is 2.33. The molecule has 0 spiro atoms. The van der Waals surface area contributed by atoms with E-state index in [2.05, 4.69) is 62.2 Å². The van der Waals surface area contributed by atoms with E-state index in [1.165, 1.54) is 36.8 Å². The lowest BCUT2D eigenvalue weighted by molar-refractivity contribution is 0.296. The van der Waals surface area contributed by atoms with Crippen LogP contribution in [0.3, 0.4) is 0 Å². The summed E-state index contributed by atoms with van der Waals surface area (Å²) in [6.45, 7) is 13.3. The quantitative estimate of drug-likeness (QED) is 0.600. The molecular formula is C19H34N2. The summed E-state index contributed by atoms with van der Waals surface area (Å²) in [6, 6.07) is 9.70. The standard InChI is InChI=1S/C19H34N2/c1-5-8-9-10-17(4)20-15-18-11-13-19(14-12-18)16-21(6-2)7-3/h11-14,17,20H,5-10,15-16H2,1-4H3. The fraction of sp³-hybridized carbons (Fsp3) is 0.684. The Labute approximate surface area is 131 Å². The molecule has 0 fully saturated rings. The van der Waals surface area contributed by atoms with Gasteiger partial charge in [0, 0.05) is 19.1 Å². The molecule has 1 unspecified atom stereocenters. The second-order valence-corrected chi connectivity index (χ2v) is 6.06. The van der Waals surface area contributed by atoms with Crippen LogP contribution in [0.25, 0.3) is 0 Å². The molecule has 21 heavy (non-hydrogen) atoms. The number of unbranched alkanes of at least 4 members (excludes halogenated alkanes) is 2. The first-order chi connectivity index (χ1) is 10.2. The number of hydrogen-bond donors (Lipinski definition) is 1. The van der Waals surface area contributed by atoms with E-state index in [0.29, 0.717) is 6.04 Å². The summed E-state index contributed by atoms with van der Waals surface area (Å²) >= 11 is 0. The molecule has 1 rings (SSSR count). The van der Waals surface area contributed by atoms with Gasteiger partial charge in [-0.2, -0.15) is 0 Å². The van der Waals surface area contributed by atoms with Crippen molar-refractivity contribution in [2.75, 3.05) is 13.1 Å². The highest BCUT2D eigenvalue weighted by Gasteiger charge is 2.03. The van der Waals surface area contributed by atoms with Crippen molar-refractivity contribution in [2.24, 2.45) is 0 Å². The van der Waals surface area contributed by atoms with Gasteiger partial charge in [0.05, 0.1) is 0 Å². The summed E-state index contributed by atoms with van der Waals surface area (Å²) in [5, 5.41) is 3.63. The summed E-state index contributed by atoms with van der Waals surface area (Å²) in [4.78, 5) is 2.45. The van der Waals surface area contributed by atoms with Crippen molar-refractivity contribution in [1.29, 1.82) is 0 Å². The van der Waals surface area contributed by atoms with Crippen LogP contribution in [0.2, 0.25) is 0 Å². The average molecular weight is 290 g/mol. The fourth-order valence-corrected chi connectivity index (χ4v) is 2.56. The second-order valence-electron chi connectivity index (χ2n) is 6.06. The zero-order chi connectivity index (χ0) is 15.5. The molecular weight excluding hydrogens is 256 g/mol. The molecule has 0 saturated heterocycles. The molecule has 0 bridgehead atoms. The van der Waals surface area contributed by atoms with E-state index in [-0.39, 0.29) is 0 Å². The van der Waals surface area contributed by atoms with E-state index in [0.717, 1.165) is 26.2 Å². The van der Waals surface area contributed by atoms with Gasteiger partial charge in [0.15, 0.2) is 0 Å². The van der Waals surface area contributed by atoms with Crippen molar-refractivity contribution < 1.29 is 0 Å². The summed E-state index contributed by atoms with van der Waals surface area (Å²) in [5.74, 6) is 0. The molecule has 0 saturated carbocycles. The summed E-state index contributed by atoms with van der Waals surface area (Å²) in [5.41, 5.74) is 2.80. The molecule has 0 aromatic heterocycles. The number of hydrogen-bond acceptors (Lipinski definition) is 2. The highest BCUT2D eigenvalue weighted by atomic mass is 15.1. The van der Waals surface area contributed by atoms with Crippen molar-refractivity contribution in [3.8, 4) is 0 Å². The minimum Gasteiger partial charge on any atom is -0.310 e. The molecule has 0 amide bonds. The van der Waals surface area contributed by atoms with Crippen LogP contribution in [0.5, 0.6) is 0 Å². The van der Waals surface area contributed by atoms with Gasteiger partial charge in [0.2, 0.25) is 0 Å². The van der Waals surface area contributed by atoms with Crippen LogP contribution < -0.4 is 5.32 Å². The zero-order valence-corrected chi connectivity index (χ0v) is 14.5. The van der Waals surface area contributed by atoms with Gasteiger partial charge in [-0.1, -0.05) is 64.3 Å². The number of rotatable bonds is 11. The largest absolute Gasteiger partial charge is 0.310 e. The van der Waals surface area contributed by atoms with Crippen LogP contribution in [-0.2, 0) is 13.1 Å². The maximum atomic E-state index is 3.63. The van der Waals surface area contributed by atoms with Gasteiger partial charge in [0.25, 0.3) is 0 Å². The van der Waals surface area contributed by atoms with Crippen LogP contribution in [0.1, 0.15) is 64.5 Å². The minimum atomic E-state index is 0.618. The number of benzene rings is 1. The average Bonchev–Trinajstić information content (AvgIpc) is 2.52. The minimum absolute atomic E-state index is 0.618. The van der Waals surface area contributed by atoms with Gasteiger partial charge in [0.1, 0.15) is 0 Å². The molecule has 0 radical (unpaired) electrons. The Hall–Kier alpha value is -0.860. The topological polar surface area (TPSA) is 15.3 Å². The molecule has 0 heterocycles. The summed E-state index contributed by atoms with van der Waals surface area (Å²) < 4.78 is 0. The van der Waals surface area contributed by atoms with E-state index in [4.69, 9.17) is 0 Å². The Morgan fingerprint density at radius 2 is 1.57 bits per heavy atom. The van der Waals surface area contributed by atoms with Gasteiger partial charge in [-0.05, 0) is 37.6 Å². The molecule has 0 aliphatic heterocycles. The van der Waals surface area contributed by atoms with E-state index in [1.54, 1.807) is 0 Å². The van der Waals surface area contributed by atoms with Crippen LogP contribution in [0, 0.1) is 0 Å². The zero-order valence-electron chi connectivity index (χ0n) is 14.5. The predicted molar refractivity (Wildman–Crippen MR) is 93.5 cm³/mol. The lowest BCUT2D eigenvalue weighted by atomic mass is 10.1. The third-order valence-electron chi connectivity index (χ3n) is 4.22. The molecule has 2 heteroatoms. The van der Waals surface area contributed by atoms with Gasteiger partial charge < -0.3 is 5.32 Å². The molecule has 2 nitrogen and oxygen atoms in total. The Bertz CT molecular complexity index is 354. The lowest BCUT2D eigenvalue weighted by Gasteiger charge is -2.18. The third-order valence-corrected chi connectivity index (χ3v) is 4.22. The lowest BCUT2D eigenvalue weighted by Crippen LogP contribution is -2.25. The number of nitrogens with zero attached hydrogens (tertiary/aromatic N) is 1. The number of nitrogens with one attached hydrogen (secondary N) is 1. The van der Waals surface area contributed by atoms with Crippen molar-refractivity contribution in [3.63, 3.8) is 0 Å². The molecule has 1 N–H and O–H groups in total. The highest BCUT2D eigenvalue weighted by Crippen LogP contribution is 2.09. The first-order valence-electron chi connectivity index (χ1n) is 8.73. The molecule has 1 aromatic rings. The molecule has 120 valence electrons. The monoisotopic (exact) mass is 290 g/mol. The predicted octanol–water partition coefficient (Wildman–Crippen LogP) is 4.59. The summed E-state index contributed by atoms with van der Waals surface area (Å²) in [7, 11) is 0. The van der Waals surface area contributed by atoms with E-state index in [9.17, 15) is 0 Å². The van der Waals surface area contributed by atoms with Crippen LogP contribution >= 0.6 is 0 Å².